The van der Waals surface area contributed by atoms with Gasteiger partial charge in [0.15, 0.2) is 0 Å². The molecule has 0 aliphatic heterocycles. The van der Waals surface area contributed by atoms with E-state index < -0.39 is 21.0 Å². The number of phenols is 1. The number of benzene rings is 4. The molecule has 0 radical (unpaired) electrons. The first kappa shape index (κ1) is 21.5. The Bertz CT molecular complexity index is 1420. The predicted octanol–water partition coefficient (Wildman–Crippen LogP) is 4.83. The number of fused-ring (bicyclic) bond motifs is 1. The van der Waals surface area contributed by atoms with Crippen LogP contribution in [0.25, 0.3) is 10.8 Å². The summed E-state index contributed by atoms with van der Waals surface area (Å²) >= 11 is 0. The van der Waals surface area contributed by atoms with Crippen LogP contribution in [0.5, 0.6) is 5.75 Å². The number of non-ortho nitro benzene ring substituents is 1. The first-order valence-electron chi connectivity index (χ1n) is 9.80. The number of nitro groups is 1. The van der Waals surface area contributed by atoms with Gasteiger partial charge in [0, 0.05) is 17.7 Å². The van der Waals surface area contributed by atoms with E-state index in [1.807, 2.05) is 19.1 Å². The Morgan fingerprint density at radius 2 is 1.66 bits per heavy atom. The average Bonchev–Trinajstić information content (AvgIpc) is 2.78. The van der Waals surface area contributed by atoms with Crippen molar-refractivity contribution in [1.29, 1.82) is 0 Å². The highest BCUT2D eigenvalue weighted by Gasteiger charge is 2.27. The van der Waals surface area contributed by atoms with Gasteiger partial charge in [-0.2, -0.15) is 4.72 Å². The first-order chi connectivity index (χ1) is 15.3. The molecule has 4 aromatic carbocycles. The highest BCUT2D eigenvalue weighted by Crippen LogP contribution is 2.37. The number of nitrogens with zero attached hydrogens (tertiary/aromatic N) is 1. The van der Waals surface area contributed by atoms with Gasteiger partial charge in [-0.3, -0.25) is 10.1 Å². The van der Waals surface area contributed by atoms with E-state index in [0.717, 1.165) is 10.9 Å². The van der Waals surface area contributed by atoms with Gasteiger partial charge in [-0.05, 0) is 41.5 Å². The van der Waals surface area contributed by atoms with Crippen molar-refractivity contribution in [2.24, 2.45) is 0 Å². The number of hydrogen-bond acceptors (Lipinski definition) is 5. The molecular formula is C24H20N2O5S. The van der Waals surface area contributed by atoms with Gasteiger partial charge in [0.2, 0.25) is 10.0 Å². The quantitative estimate of drug-likeness (QED) is 0.324. The topological polar surface area (TPSA) is 110 Å². The second kappa shape index (κ2) is 8.41. The molecule has 0 aliphatic carbocycles. The maximum Gasteiger partial charge on any atom is 0.269 e. The molecule has 8 heteroatoms. The van der Waals surface area contributed by atoms with Crippen molar-refractivity contribution in [2.75, 3.05) is 0 Å². The third-order valence-corrected chi connectivity index (χ3v) is 6.69. The lowest BCUT2D eigenvalue weighted by atomic mass is 9.93. The summed E-state index contributed by atoms with van der Waals surface area (Å²) in [6.07, 6.45) is 0. The van der Waals surface area contributed by atoms with Gasteiger partial charge in [-0.15, -0.1) is 0 Å². The Labute approximate surface area is 185 Å². The van der Waals surface area contributed by atoms with Crippen molar-refractivity contribution in [3.63, 3.8) is 0 Å². The van der Waals surface area contributed by atoms with E-state index in [9.17, 15) is 23.6 Å². The van der Waals surface area contributed by atoms with Crippen LogP contribution in [0.3, 0.4) is 0 Å². The summed E-state index contributed by atoms with van der Waals surface area (Å²) in [7, 11) is -4.02. The smallest absolute Gasteiger partial charge is 0.269 e. The minimum Gasteiger partial charge on any atom is -0.508 e. The van der Waals surface area contributed by atoms with E-state index in [1.54, 1.807) is 36.4 Å². The normalized spacial score (nSPS) is 12.5. The minimum atomic E-state index is -4.02. The lowest BCUT2D eigenvalue weighted by Crippen LogP contribution is -2.29. The molecule has 162 valence electrons. The van der Waals surface area contributed by atoms with Gasteiger partial charge in [-0.25, -0.2) is 8.42 Å². The molecule has 0 aromatic heterocycles. The monoisotopic (exact) mass is 448 g/mol. The molecule has 2 N–H and O–H groups in total. The molecule has 0 aliphatic rings. The lowest BCUT2D eigenvalue weighted by molar-refractivity contribution is -0.384. The second-order valence-corrected chi connectivity index (χ2v) is 9.15. The third-order valence-electron chi connectivity index (χ3n) is 5.25. The van der Waals surface area contributed by atoms with E-state index in [1.165, 1.54) is 36.4 Å². The Morgan fingerprint density at radius 3 is 2.38 bits per heavy atom. The standard InChI is InChI=1S/C24H20N2O5S/c1-16-9-12-20(13-10-16)32(30,31)25-24(18-6-4-7-19(15-18)26(28)29)23-21-8-3-2-5-17(21)11-14-22(23)27/h2-15,24-25,27H,1H3. The van der Waals surface area contributed by atoms with Crippen molar-refractivity contribution in [1.82, 2.24) is 4.72 Å². The fraction of sp³-hybridized carbons (Fsp3) is 0.0833. The zero-order valence-corrected chi connectivity index (χ0v) is 17.9. The maximum absolute atomic E-state index is 13.2. The highest BCUT2D eigenvalue weighted by molar-refractivity contribution is 7.89. The fourth-order valence-electron chi connectivity index (χ4n) is 3.64. The van der Waals surface area contributed by atoms with Crippen LogP contribution in [0.4, 0.5) is 5.69 Å². The van der Waals surface area contributed by atoms with Gasteiger partial charge in [0.25, 0.3) is 5.69 Å². The van der Waals surface area contributed by atoms with Gasteiger partial charge in [-0.1, -0.05) is 60.2 Å². The van der Waals surface area contributed by atoms with Crippen molar-refractivity contribution in [3.8, 4) is 5.75 Å². The maximum atomic E-state index is 13.2. The number of sulfonamides is 1. The van der Waals surface area contributed by atoms with E-state index in [2.05, 4.69) is 4.72 Å². The predicted molar refractivity (Wildman–Crippen MR) is 122 cm³/mol. The number of phenolic OH excluding ortho intramolecular Hbond substituents is 1. The zero-order valence-electron chi connectivity index (χ0n) is 17.1. The molecule has 32 heavy (non-hydrogen) atoms. The molecule has 4 rings (SSSR count). The van der Waals surface area contributed by atoms with E-state index >= 15 is 0 Å². The second-order valence-electron chi connectivity index (χ2n) is 7.44. The van der Waals surface area contributed by atoms with Crippen LogP contribution in [-0.2, 0) is 10.0 Å². The van der Waals surface area contributed by atoms with Gasteiger partial charge in [0.1, 0.15) is 5.75 Å². The summed E-state index contributed by atoms with van der Waals surface area (Å²) in [4.78, 5) is 10.9. The summed E-state index contributed by atoms with van der Waals surface area (Å²) in [5.41, 5.74) is 1.38. The Kier molecular flexibility index (Phi) is 5.65. The van der Waals surface area contributed by atoms with Crippen molar-refractivity contribution >= 4 is 26.5 Å². The lowest BCUT2D eigenvalue weighted by Gasteiger charge is -2.22. The molecule has 0 bridgehead atoms. The van der Waals surface area contributed by atoms with Gasteiger partial charge < -0.3 is 5.11 Å². The molecule has 0 heterocycles. The first-order valence-corrected chi connectivity index (χ1v) is 11.3. The molecule has 0 fully saturated rings. The van der Waals surface area contributed by atoms with Crippen LogP contribution in [0.2, 0.25) is 0 Å². The van der Waals surface area contributed by atoms with Crippen molar-refractivity contribution < 1.29 is 18.4 Å². The van der Waals surface area contributed by atoms with Crippen molar-refractivity contribution in [2.45, 2.75) is 17.9 Å². The van der Waals surface area contributed by atoms with Crippen LogP contribution < -0.4 is 4.72 Å². The van der Waals surface area contributed by atoms with E-state index in [0.29, 0.717) is 16.5 Å². The van der Waals surface area contributed by atoms with Crippen LogP contribution in [0, 0.1) is 17.0 Å². The fourth-order valence-corrected chi connectivity index (χ4v) is 4.83. The summed E-state index contributed by atoms with van der Waals surface area (Å²) in [5, 5.41) is 23.5. The SMILES string of the molecule is Cc1ccc(S(=O)(=O)NC(c2cccc([N+](=O)[O-])c2)c2c(O)ccc3ccccc23)cc1. The van der Waals surface area contributed by atoms with E-state index in [-0.39, 0.29) is 16.3 Å². The molecule has 1 atom stereocenters. The number of hydrogen-bond donors (Lipinski definition) is 2. The summed E-state index contributed by atoms with van der Waals surface area (Å²) in [6, 6.07) is 21.5. The van der Waals surface area contributed by atoms with Crippen molar-refractivity contribution in [3.05, 3.63) is 112 Å². The van der Waals surface area contributed by atoms with Crippen LogP contribution >= 0.6 is 0 Å². The Balaban J connectivity index is 1.93. The number of aromatic hydroxyl groups is 1. The third kappa shape index (κ3) is 4.18. The van der Waals surface area contributed by atoms with Crippen LogP contribution in [-0.4, -0.2) is 18.4 Å². The molecule has 0 amide bonds. The number of nitro benzene ring substituents is 1. The zero-order chi connectivity index (χ0) is 22.9. The Hall–Kier alpha value is -3.75. The average molecular weight is 449 g/mol. The summed E-state index contributed by atoms with van der Waals surface area (Å²) in [5.74, 6) is -0.119. The van der Waals surface area contributed by atoms with E-state index in [4.69, 9.17) is 0 Å². The number of rotatable bonds is 6. The molecule has 1 unspecified atom stereocenters. The molecule has 0 saturated carbocycles. The molecule has 0 saturated heterocycles. The molecular weight excluding hydrogens is 428 g/mol. The van der Waals surface area contributed by atoms with Gasteiger partial charge >= 0.3 is 0 Å². The number of aryl methyl sites for hydroxylation is 1. The Morgan fingerprint density at radius 1 is 0.938 bits per heavy atom. The van der Waals surface area contributed by atoms with Gasteiger partial charge in [0.05, 0.1) is 15.9 Å². The number of nitrogens with one attached hydrogen (secondary N) is 1. The minimum absolute atomic E-state index is 0.0539. The molecule has 4 aromatic rings. The van der Waals surface area contributed by atoms with Crippen LogP contribution in [0.1, 0.15) is 22.7 Å². The molecule has 0 spiro atoms. The highest BCUT2D eigenvalue weighted by atomic mass is 32.2. The summed E-state index contributed by atoms with van der Waals surface area (Å²) in [6.45, 7) is 1.85. The van der Waals surface area contributed by atoms with Crippen LogP contribution in [0.15, 0.2) is 89.8 Å². The molecule has 7 nitrogen and oxygen atoms in total. The summed E-state index contributed by atoms with van der Waals surface area (Å²) < 4.78 is 29.1. The largest absolute Gasteiger partial charge is 0.508 e.